The number of ether oxygens (including phenoxy) is 5. The summed E-state index contributed by atoms with van der Waals surface area (Å²) in [6.07, 6.45) is 0.441. The van der Waals surface area contributed by atoms with E-state index in [9.17, 15) is 4.79 Å². The zero-order valence-electron chi connectivity index (χ0n) is 35.7. The molecule has 0 N–H and O–H groups in total. The van der Waals surface area contributed by atoms with Crippen LogP contribution in [0.4, 0.5) is 4.79 Å². The average molecular weight is 889 g/mol. The summed E-state index contributed by atoms with van der Waals surface area (Å²) in [5.41, 5.74) is 1.90. The molecule has 2 saturated heterocycles. The molecule has 1 amide bonds. The third-order valence-electron chi connectivity index (χ3n) is 10.9. The minimum Gasteiger partial charge on any atom is -0.497 e. The maximum atomic E-state index is 15.9. The van der Waals surface area contributed by atoms with E-state index in [1.807, 2.05) is 12.1 Å². The molecule has 0 bridgehead atoms. The molecule has 2 aliphatic heterocycles. The Labute approximate surface area is 362 Å². The molecule has 5 aromatic rings. The summed E-state index contributed by atoms with van der Waals surface area (Å²) in [6, 6.07) is 24.4. The van der Waals surface area contributed by atoms with E-state index in [1.165, 1.54) is 20.1 Å². The SMILES string of the molecule is COc1ccc(CN(Cc2ccc(OC)cc2)S(=O)(=O)c2c(S(=O)(=O)C3CN(C(=O)OC(C)(C)C)C3)ccc(C3CCOCC3)c2-c2nnn(Cc3ccc(OC)cc3)n2)cc1. The molecule has 0 aliphatic carbocycles. The molecule has 4 aromatic carbocycles. The van der Waals surface area contributed by atoms with Crippen LogP contribution in [0.2, 0.25) is 0 Å². The fourth-order valence-corrected chi connectivity index (χ4v) is 11.5. The average Bonchev–Trinajstić information content (AvgIpc) is 3.70. The summed E-state index contributed by atoms with van der Waals surface area (Å²) in [5.74, 6) is 1.57. The largest absolute Gasteiger partial charge is 0.497 e. The van der Waals surface area contributed by atoms with Gasteiger partial charge in [-0.15, -0.1) is 10.2 Å². The van der Waals surface area contributed by atoms with Gasteiger partial charge in [-0.1, -0.05) is 42.5 Å². The molecule has 0 unspecified atom stereocenters. The molecular weight excluding hydrogens is 837 g/mol. The Kier molecular flexibility index (Phi) is 13.2. The van der Waals surface area contributed by atoms with Crippen molar-refractivity contribution in [2.75, 3.05) is 47.6 Å². The van der Waals surface area contributed by atoms with Gasteiger partial charge in [0.2, 0.25) is 15.8 Å². The zero-order valence-corrected chi connectivity index (χ0v) is 37.3. The van der Waals surface area contributed by atoms with E-state index in [0.717, 1.165) is 5.56 Å². The first kappa shape index (κ1) is 44.5. The van der Waals surface area contributed by atoms with Gasteiger partial charge >= 0.3 is 6.09 Å². The number of sulfonamides is 1. The molecule has 2 fully saturated rings. The Morgan fingerprint density at radius 2 is 1.27 bits per heavy atom. The monoisotopic (exact) mass is 888 g/mol. The number of sulfone groups is 1. The number of carbonyl (C=O) groups is 1. The number of carbonyl (C=O) groups excluding carboxylic acids is 1. The lowest BCUT2D eigenvalue weighted by Gasteiger charge is -2.39. The van der Waals surface area contributed by atoms with Crippen LogP contribution in [0.15, 0.2) is 94.7 Å². The first-order valence-corrected chi connectivity index (χ1v) is 23.2. The van der Waals surface area contributed by atoms with Crippen LogP contribution in [0, 0.1) is 0 Å². The van der Waals surface area contributed by atoms with E-state index in [1.54, 1.807) is 109 Å². The van der Waals surface area contributed by atoms with Crippen molar-refractivity contribution >= 4 is 26.0 Å². The van der Waals surface area contributed by atoms with Gasteiger partial charge in [0.15, 0.2) is 9.84 Å². The lowest BCUT2D eigenvalue weighted by Crippen LogP contribution is -2.57. The first-order valence-electron chi connectivity index (χ1n) is 20.2. The third-order valence-corrected chi connectivity index (χ3v) is 15.0. The van der Waals surface area contributed by atoms with Gasteiger partial charge in [0.05, 0.1) is 32.8 Å². The van der Waals surface area contributed by atoms with E-state index in [2.05, 4.69) is 10.3 Å². The van der Waals surface area contributed by atoms with E-state index >= 15 is 16.8 Å². The number of hydrogen-bond acceptors (Lipinski definition) is 13. The van der Waals surface area contributed by atoms with Crippen LogP contribution < -0.4 is 14.2 Å². The van der Waals surface area contributed by atoms with Gasteiger partial charge in [-0.05, 0) is 109 Å². The lowest BCUT2D eigenvalue weighted by atomic mass is 9.88. The fraction of sp³-hybridized carbons (Fsp3) is 0.409. The van der Waals surface area contributed by atoms with Crippen molar-refractivity contribution in [2.24, 2.45) is 0 Å². The van der Waals surface area contributed by atoms with Gasteiger partial charge in [0.25, 0.3) is 0 Å². The predicted molar refractivity (Wildman–Crippen MR) is 229 cm³/mol. The molecule has 3 heterocycles. The fourth-order valence-electron chi connectivity index (χ4n) is 7.46. The molecule has 62 heavy (non-hydrogen) atoms. The molecule has 0 atom stereocenters. The molecular formula is C44H52N6O10S2. The van der Waals surface area contributed by atoms with Crippen LogP contribution >= 0.6 is 0 Å². The second-order valence-electron chi connectivity index (χ2n) is 16.3. The van der Waals surface area contributed by atoms with E-state index in [-0.39, 0.29) is 50.0 Å². The molecule has 0 saturated carbocycles. The second-order valence-corrected chi connectivity index (χ2v) is 20.3. The van der Waals surface area contributed by atoms with Gasteiger partial charge < -0.3 is 28.6 Å². The number of hydrogen-bond donors (Lipinski definition) is 0. The molecule has 330 valence electrons. The lowest BCUT2D eigenvalue weighted by molar-refractivity contribution is 0.0139. The van der Waals surface area contributed by atoms with Crippen LogP contribution in [-0.2, 0) is 49.0 Å². The van der Waals surface area contributed by atoms with Crippen molar-refractivity contribution in [1.82, 2.24) is 29.4 Å². The first-order chi connectivity index (χ1) is 29.6. The van der Waals surface area contributed by atoms with E-state index in [4.69, 9.17) is 28.8 Å². The summed E-state index contributed by atoms with van der Waals surface area (Å²) in [4.78, 5) is 14.7. The Hall–Kier alpha value is -5.56. The van der Waals surface area contributed by atoms with Gasteiger partial charge in [-0.25, -0.2) is 21.6 Å². The number of nitrogens with zero attached hydrogens (tertiary/aromatic N) is 6. The van der Waals surface area contributed by atoms with Crippen molar-refractivity contribution in [1.29, 1.82) is 0 Å². The van der Waals surface area contributed by atoms with Gasteiger partial charge in [-0.3, -0.25) is 0 Å². The Morgan fingerprint density at radius 3 is 1.77 bits per heavy atom. The minimum atomic E-state index is -4.79. The molecule has 0 radical (unpaired) electrons. The highest BCUT2D eigenvalue weighted by atomic mass is 32.2. The molecule has 16 nitrogen and oxygen atoms in total. The van der Waals surface area contributed by atoms with Crippen LogP contribution in [0.1, 0.15) is 61.8 Å². The van der Waals surface area contributed by atoms with E-state index in [0.29, 0.717) is 60.0 Å². The smallest absolute Gasteiger partial charge is 0.410 e. The van der Waals surface area contributed by atoms with Crippen LogP contribution in [-0.4, -0.2) is 111 Å². The van der Waals surface area contributed by atoms with Crippen molar-refractivity contribution in [2.45, 2.75) is 79.8 Å². The maximum absolute atomic E-state index is 15.9. The standard InChI is InChI=1S/C44H52N6O10S2/c1-44(2,3)60-43(51)48-28-37(29-48)61(52,53)39-20-19-38(33-21-23-59-24-22-33)40(42-45-47-50(46-42)27-32-11-17-36(58-6)18-12-32)41(39)62(54,55)49(25-30-7-13-34(56-4)14-8-30)26-31-9-15-35(57-5)16-10-31/h7-20,33,37H,21-29H2,1-6H3. The van der Waals surface area contributed by atoms with Crippen LogP contribution in [0.3, 0.4) is 0 Å². The predicted octanol–water partition coefficient (Wildman–Crippen LogP) is 6.09. The van der Waals surface area contributed by atoms with Crippen molar-refractivity contribution < 1.29 is 45.3 Å². The van der Waals surface area contributed by atoms with Gasteiger partial charge in [0, 0.05) is 45.0 Å². The Morgan fingerprint density at radius 1 is 0.758 bits per heavy atom. The highest BCUT2D eigenvalue weighted by molar-refractivity contribution is 7.94. The molecule has 18 heteroatoms. The zero-order chi connectivity index (χ0) is 44.2. The molecule has 0 spiro atoms. The van der Waals surface area contributed by atoms with Gasteiger partial charge in [-0.2, -0.15) is 9.10 Å². The summed E-state index contributed by atoms with van der Waals surface area (Å²) in [5, 5.41) is 12.4. The number of likely N-dealkylation sites (tertiary alicyclic amines) is 1. The number of rotatable bonds is 15. The topological polar surface area (TPSA) is 182 Å². The normalized spacial score (nSPS) is 15.3. The maximum Gasteiger partial charge on any atom is 0.410 e. The van der Waals surface area contributed by atoms with Crippen LogP contribution in [0.25, 0.3) is 11.4 Å². The van der Waals surface area contributed by atoms with Crippen LogP contribution in [0.5, 0.6) is 17.2 Å². The Balaban J connectivity index is 1.41. The quantitative estimate of drug-likeness (QED) is 0.118. The second kappa shape index (κ2) is 18.4. The molecule has 1 aromatic heterocycles. The summed E-state index contributed by atoms with van der Waals surface area (Å²) in [7, 11) is -4.58. The third kappa shape index (κ3) is 9.88. The number of methoxy groups -OCH3 is 3. The van der Waals surface area contributed by atoms with Crippen molar-refractivity contribution in [3.63, 3.8) is 0 Å². The van der Waals surface area contributed by atoms with Crippen molar-refractivity contribution in [3.8, 4) is 28.6 Å². The number of benzene rings is 4. The Bertz CT molecular complexity index is 2520. The highest BCUT2D eigenvalue weighted by Gasteiger charge is 2.46. The summed E-state index contributed by atoms with van der Waals surface area (Å²) in [6.45, 7) is 5.57. The minimum absolute atomic E-state index is 0.0477. The number of aromatic nitrogens is 4. The summed E-state index contributed by atoms with van der Waals surface area (Å²) >= 11 is 0. The molecule has 7 rings (SSSR count). The number of tetrazole rings is 1. The highest BCUT2D eigenvalue weighted by Crippen LogP contribution is 2.43. The van der Waals surface area contributed by atoms with E-state index < -0.39 is 46.6 Å². The summed E-state index contributed by atoms with van der Waals surface area (Å²) < 4.78 is 90.4. The van der Waals surface area contributed by atoms with Crippen molar-refractivity contribution in [3.05, 3.63) is 107 Å². The molecule has 2 aliphatic rings. The van der Waals surface area contributed by atoms with Gasteiger partial charge in [0.1, 0.15) is 33.0 Å². The number of amides is 1.